The highest BCUT2D eigenvalue weighted by atomic mass is 35.5. The van der Waals surface area contributed by atoms with Gasteiger partial charge in [-0.3, -0.25) is 4.79 Å². The summed E-state index contributed by atoms with van der Waals surface area (Å²) in [5.74, 6) is -0.483. The summed E-state index contributed by atoms with van der Waals surface area (Å²) >= 11 is 17.9. The van der Waals surface area contributed by atoms with Crippen LogP contribution in [0.25, 0.3) is 0 Å². The molecule has 0 fully saturated rings. The topological polar surface area (TPSA) is 80.2 Å². The van der Waals surface area contributed by atoms with E-state index >= 15 is 0 Å². The molecule has 1 unspecified atom stereocenters. The van der Waals surface area contributed by atoms with Gasteiger partial charge in [0.15, 0.2) is 0 Å². The number of aryl methyl sites for hydroxylation is 1. The molecule has 2 heterocycles. The third-order valence-corrected chi connectivity index (χ3v) is 8.73. The van der Waals surface area contributed by atoms with E-state index in [0.717, 1.165) is 12.1 Å². The van der Waals surface area contributed by atoms with Crippen molar-refractivity contribution in [3.8, 4) is 0 Å². The van der Waals surface area contributed by atoms with Crippen LogP contribution in [0.4, 0.5) is 22.0 Å². The lowest BCUT2D eigenvalue weighted by Gasteiger charge is -2.30. The molecule has 0 saturated heterocycles. The second kappa shape index (κ2) is 11.6. The number of rotatable bonds is 7. The number of carbonyl (C=O) groups is 1. The zero-order valence-electron chi connectivity index (χ0n) is 22.2. The molecular formula is C28H21BCl3F5N2O4. The molecule has 226 valence electrons. The van der Waals surface area contributed by atoms with E-state index in [1.807, 2.05) is 0 Å². The lowest BCUT2D eigenvalue weighted by atomic mass is 9.77. The van der Waals surface area contributed by atoms with Crippen LogP contribution in [0.2, 0.25) is 15.1 Å². The summed E-state index contributed by atoms with van der Waals surface area (Å²) in [6.45, 7) is -0.683. The number of hydrogen-bond acceptors (Lipinski definition) is 5. The van der Waals surface area contributed by atoms with Crippen LogP contribution in [0.3, 0.4) is 0 Å². The molecule has 43 heavy (non-hydrogen) atoms. The van der Waals surface area contributed by atoms with Crippen molar-refractivity contribution >= 4 is 59.0 Å². The molecule has 0 bridgehead atoms. The molecule has 1 amide bonds. The fraction of sp³-hybridized carbons (Fsp3) is 0.286. The SMILES string of the molecule is Cc1cc(C2=NOC(c3cc(Cl)c(Cl)c(Cl)c3)(C(F)(F)F)C2)ccc1C(=O)NCc1ccc2c(c1)B(O)OC2(CF)CF. The fourth-order valence-electron chi connectivity index (χ4n) is 5.15. The zero-order valence-corrected chi connectivity index (χ0v) is 24.4. The van der Waals surface area contributed by atoms with Crippen molar-refractivity contribution in [3.05, 3.63) is 97.0 Å². The summed E-state index contributed by atoms with van der Waals surface area (Å²) in [5.41, 5.74) is -3.13. The highest BCUT2D eigenvalue weighted by molar-refractivity contribution is 6.62. The lowest BCUT2D eigenvalue weighted by Crippen LogP contribution is -2.42. The monoisotopic (exact) mass is 660 g/mol. The molecular weight excluding hydrogens is 640 g/mol. The Bertz CT molecular complexity index is 1610. The largest absolute Gasteiger partial charge is 0.492 e. The summed E-state index contributed by atoms with van der Waals surface area (Å²) in [5, 5.41) is 16.2. The van der Waals surface area contributed by atoms with Gasteiger partial charge in [-0.25, -0.2) is 8.78 Å². The van der Waals surface area contributed by atoms with Crippen molar-refractivity contribution in [1.29, 1.82) is 0 Å². The van der Waals surface area contributed by atoms with Gasteiger partial charge in [0.1, 0.15) is 19.0 Å². The Morgan fingerprint density at radius 3 is 2.35 bits per heavy atom. The summed E-state index contributed by atoms with van der Waals surface area (Å²) in [6, 6.07) is 11.0. The predicted molar refractivity (Wildman–Crippen MR) is 153 cm³/mol. The van der Waals surface area contributed by atoms with Crippen LogP contribution in [0.15, 0.2) is 53.7 Å². The molecule has 15 heteroatoms. The smallest absolute Gasteiger partial charge is 0.423 e. The maximum absolute atomic E-state index is 14.4. The first-order valence-corrected chi connectivity index (χ1v) is 13.9. The van der Waals surface area contributed by atoms with E-state index in [-0.39, 0.29) is 49.5 Å². The number of halogens is 8. The Labute approximate surface area is 257 Å². The number of carbonyl (C=O) groups excluding carboxylic acids is 1. The summed E-state index contributed by atoms with van der Waals surface area (Å²) in [4.78, 5) is 18.0. The molecule has 0 aromatic heterocycles. The summed E-state index contributed by atoms with van der Waals surface area (Å²) in [7, 11) is -1.51. The number of oxime groups is 1. The van der Waals surface area contributed by atoms with Crippen molar-refractivity contribution in [2.24, 2.45) is 5.16 Å². The fourth-order valence-corrected chi connectivity index (χ4v) is 5.74. The lowest BCUT2D eigenvalue weighted by molar-refractivity contribution is -0.275. The Morgan fingerprint density at radius 2 is 1.74 bits per heavy atom. The van der Waals surface area contributed by atoms with Crippen LogP contribution < -0.4 is 10.8 Å². The molecule has 2 N–H and O–H groups in total. The zero-order chi connectivity index (χ0) is 31.3. The van der Waals surface area contributed by atoms with Crippen molar-refractivity contribution in [3.63, 3.8) is 0 Å². The molecule has 2 aliphatic rings. The first-order chi connectivity index (χ1) is 20.2. The minimum atomic E-state index is -4.90. The Morgan fingerprint density at radius 1 is 1.07 bits per heavy atom. The Hall–Kier alpha value is -2.90. The second-order valence-corrected chi connectivity index (χ2v) is 11.4. The van der Waals surface area contributed by atoms with Crippen LogP contribution in [0, 0.1) is 6.92 Å². The summed E-state index contributed by atoms with van der Waals surface area (Å²) < 4.78 is 75.3. The second-order valence-electron chi connectivity index (χ2n) is 10.3. The maximum atomic E-state index is 14.4. The molecule has 1 atom stereocenters. The van der Waals surface area contributed by atoms with E-state index in [0.29, 0.717) is 16.7 Å². The van der Waals surface area contributed by atoms with Crippen molar-refractivity contribution in [1.82, 2.24) is 5.32 Å². The minimum absolute atomic E-state index is 0.00821. The molecule has 6 nitrogen and oxygen atoms in total. The highest BCUT2D eigenvalue weighted by Gasteiger charge is 2.62. The Kier molecular flexibility index (Phi) is 8.47. The van der Waals surface area contributed by atoms with Crippen LogP contribution in [-0.4, -0.2) is 43.3 Å². The van der Waals surface area contributed by atoms with Gasteiger partial charge in [-0.1, -0.05) is 64.2 Å². The van der Waals surface area contributed by atoms with E-state index in [1.165, 1.54) is 30.3 Å². The standard InChI is InChI=1S/C28H21BCl3F5N2O4/c1-14-6-16(23-10-27(43-39-23,28(35,36)37)17-8-21(30)24(32)22(31)9-17)3-4-18(14)25(40)38-11-15-2-5-19-20(7-15)29(41)42-26(19,12-33)13-34/h2-9,41H,10-13H2,1H3,(H,38,40). The van der Waals surface area contributed by atoms with Crippen molar-refractivity contribution in [2.75, 3.05) is 13.3 Å². The molecule has 0 radical (unpaired) electrons. The highest BCUT2D eigenvalue weighted by Crippen LogP contribution is 2.50. The van der Waals surface area contributed by atoms with Gasteiger partial charge in [-0.15, -0.1) is 0 Å². The number of benzene rings is 3. The van der Waals surface area contributed by atoms with Gasteiger partial charge in [0.2, 0.25) is 0 Å². The number of fused-ring (bicyclic) bond motifs is 1. The van der Waals surface area contributed by atoms with Crippen LogP contribution >= 0.6 is 34.8 Å². The van der Waals surface area contributed by atoms with Gasteiger partial charge in [-0.05, 0) is 58.9 Å². The normalized spacial score (nSPS) is 19.2. The Balaban J connectivity index is 1.32. The number of hydrogen-bond donors (Lipinski definition) is 2. The van der Waals surface area contributed by atoms with Crippen LogP contribution in [-0.2, 0) is 27.2 Å². The maximum Gasteiger partial charge on any atom is 0.492 e. The number of alkyl halides is 5. The average Bonchev–Trinajstić information content (AvgIpc) is 3.55. The molecule has 3 aromatic carbocycles. The average molecular weight is 662 g/mol. The predicted octanol–water partition coefficient (Wildman–Crippen LogP) is 6.32. The van der Waals surface area contributed by atoms with E-state index in [9.17, 15) is 31.8 Å². The van der Waals surface area contributed by atoms with Crippen molar-refractivity contribution in [2.45, 2.75) is 37.3 Å². The van der Waals surface area contributed by atoms with Gasteiger partial charge < -0.3 is 19.8 Å². The van der Waals surface area contributed by atoms with E-state index in [1.54, 1.807) is 13.0 Å². The molecule has 0 aliphatic carbocycles. The third-order valence-electron chi connectivity index (χ3n) is 7.54. The number of amides is 1. The van der Waals surface area contributed by atoms with Gasteiger partial charge >= 0.3 is 13.3 Å². The number of nitrogens with zero attached hydrogens (tertiary/aromatic N) is 1. The molecule has 0 saturated carbocycles. The number of nitrogens with one attached hydrogen (secondary N) is 1. The third kappa shape index (κ3) is 5.48. The molecule has 3 aromatic rings. The minimum Gasteiger partial charge on any atom is -0.423 e. The molecule has 5 rings (SSSR count). The van der Waals surface area contributed by atoms with Gasteiger partial charge in [0.05, 0.1) is 20.8 Å². The van der Waals surface area contributed by atoms with Gasteiger partial charge in [0, 0.05) is 24.1 Å². The van der Waals surface area contributed by atoms with E-state index in [2.05, 4.69) is 10.5 Å². The van der Waals surface area contributed by atoms with Gasteiger partial charge in [0.25, 0.3) is 11.5 Å². The molecule has 0 spiro atoms. The van der Waals surface area contributed by atoms with Gasteiger partial charge in [-0.2, -0.15) is 13.2 Å². The van der Waals surface area contributed by atoms with E-state index in [4.69, 9.17) is 44.3 Å². The first-order valence-electron chi connectivity index (χ1n) is 12.7. The van der Waals surface area contributed by atoms with Crippen LogP contribution in [0.1, 0.15) is 44.6 Å². The van der Waals surface area contributed by atoms with Crippen molar-refractivity contribution < 1.29 is 41.3 Å². The van der Waals surface area contributed by atoms with Crippen LogP contribution in [0.5, 0.6) is 0 Å². The first kappa shape index (κ1) is 31.5. The van der Waals surface area contributed by atoms with E-state index < -0.39 is 50.2 Å². The molecule has 2 aliphatic heterocycles. The quantitative estimate of drug-likeness (QED) is 0.177. The summed E-state index contributed by atoms with van der Waals surface area (Å²) in [6.07, 6.45) is -5.58.